The Morgan fingerprint density at radius 1 is 1.32 bits per heavy atom. The van der Waals surface area contributed by atoms with Crippen LogP contribution in [0.4, 0.5) is 4.79 Å². The van der Waals surface area contributed by atoms with Crippen molar-refractivity contribution in [2.75, 3.05) is 13.6 Å². The summed E-state index contributed by atoms with van der Waals surface area (Å²) in [7, 11) is 1.61. The second-order valence-corrected chi connectivity index (χ2v) is 4.69. The van der Waals surface area contributed by atoms with Gasteiger partial charge in [-0.25, -0.2) is 4.79 Å². The van der Waals surface area contributed by atoms with Gasteiger partial charge in [0.05, 0.1) is 24.8 Å². The molecule has 0 fully saturated rings. The maximum atomic E-state index is 11.8. The van der Waals surface area contributed by atoms with E-state index in [-0.39, 0.29) is 25.5 Å². The van der Waals surface area contributed by atoms with E-state index in [1.54, 1.807) is 13.2 Å². The first-order chi connectivity index (χ1) is 10.6. The number of hydrogen-bond donors (Lipinski definition) is 2. The normalized spacial score (nSPS) is 10.2. The number of amides is 2. The Labute approximate surface area is 127 Å². The molecule has 22 heavy (non-hydrogen) atoms. The molecule has 2 aromatic rings. The Morgan fingerprint density at radius 2 is 2.05 bits per heavy atom. The predicted molar refractivity (Wildman–Crippen MR) is 78.5 cm³/mol. The SMILES string of the molecule is CN(Cc1cnn(-c2ccccc2)n1)C(=O)NCCC(=O)O. The fraction of sp³-hybridized carbons (Fsp3) is 0.286. The number of aliphatic carboxylic acids is 1. The number of aromatic nitrogens is 3. The highest BCUT2D eigenvalue weighted by molar-refractivity contribution is 5.74. The molecule has 8 heteroatoms. The van der Waals surface area contributed by atoms with Crippen molar-refractivity contribution in [1.82, 2.24) is 25.2 Å². The summed E-state index contributed by atoms with van der Waals surface area (Å²) < 4.78 is 0. The topological polar surface area (TPSA) is 100 Å². The van der Waals surface area contributed by atoms with Crippen molar-refractivity contribution in [3.63, 3.8) is 0 Å². The molecular formula is C14H17N5O3. The third kappa shape index (κ3) is 4.30. The molecule has 2 N–H and O–H groups in total. The lowest BCUT2D eigenvalue weighted by atomic mass is 10.3. The summed E-state index contributed by atoms with van der Waals surface area (Å²) in [5.74, 6) is -0.950. The number of benzene rings is 1. The first-order valence-electron chi connectivity index (χ1n) is 6.73. The van der Waals surface area contributed by atoms with Gasteiger partial charge in [-0.2, -0.15) is 15.0 Å². The smallest absolute Gasteiger partial charge is 0.317 e. The van der Waals surface area contributed by atoms with Gasteiger partial charge in [0.15, 0.2) is 0 Å². The minimum Gasteiger partial charge on any atom is -0.481 e. The fourth-order valence-corrected chi connectivity index (χ4v) is 1.78. The molecule has 2 rings (SSSR count). The first-order valence-corrected chi connectivity index (χ1v) is 6.73. The maximum absolute atomic E-state index is 11.8. The van der Waals surface area contributed by atoms with Crippen molar-refractivity contribution in [3.8, 4) is 5.69 Å². The summed E-state index contributed by atoms with van der Waals surface area (Å²) in [4.78, 5) is 25.1. The Morgan fingerprint density at radius 3 is 2.73 bits per heavy atom. The second kappa shape index (κ2) is 7.21. The van der Waals surface area contributed by atoms with E-state index in [1.165, 1.54) is 9.70 Å². The molecule has 1 aromatic carbocycles. The highest BCUT2D eigenvalue weighted by atomic mass is 16.4. The van der Waals surface area contributed by atoms with Crippen molar-refractivity contribution >= 4 is 12.0 Å². The van der Waals surface area contributed by atoms with Gasteiger partial charge >= 0.3 is 12.0 Å². The Kier molecular flexibility index (Phi) is 5.07. The average Bonchev–Trinajstić information content (AvgIpc) is 2.96. The van der Waals surface area contributed by atoms with Gasteiger partial charge in [-0.15, -0.1) is 0 Å². The Balaban J connectivity index is 1.89. The molecule has 0 unspecified atom stereocenters. The van der Waals surface area contributed by atoms with E-state index in [4.69, 9.17) is 5.11 Å². The molecule has 0 bridgehead atoms. The van der Waals surface area contributed by atoms with E-state index in [0.717, 1.165) is 5.69 Å². The molecule has 0 aliphatic rings. The molecule has 8 nitrogen and oxygen atoms in total. The number of nitrogens with zero attached hydrogens (tertiary/aromatic N) is 4. The van der Waals surface area contributed by atoms with Crippen LogP contribution in [0.15, 0.2) is 36.5 Å². The number of nitrogens with one attached hydrogen (secondary N) is 1. The summed E-state index contributed by atoms with van der Waals surface area (Å²) in [6.45, 7) is 0.376. The number of urea groups is 1. The number of para-hydroxylation sites is 1. The van der Waals surface area contributed by atoms with Crippen LogP contribution in [0.5, 0.6) is 0 Å². The van der Waals surface area contributed by atoms with E-state index in [0.29, 0.717) is 5.69 Å². The summed E-state index contributed by atoms with van der Waals surface area (Å²) in [6.07, 6.45) is 1.48. The molecule has 0 radical (unpaired) electrons. The van der Waals surface area contributed by atoms with Gasteiger partial charge < -0.3 is 15.3 Å². The van der Waals surface area contributed by atoms with E-state index >= 15 is 0 Å². The van der Waals surface area contributed by atoms with E-state index < -0.39 is 5.97 Å². The number of carbonyl (C=O) groups is 2. The van der Waals surface area contributed by atoms with Gasteiger partial charge in [-0.05, 0) is 12.1 Å². The molecule has 0 saturated heterocycles. The zero-order chi connectivity index (χ0) is 15.9. The van der Waals surface area contributed by atoms with Crippen LogP contribution in [-0.4, -0.2) is 50.6 Å². The van der Waals surface area contributed by atoms with E-state index in [9.17, 15) is 9.59 Å². The summed E-state index contributed by atoms with van der Waals surface area (Å²) in [6, 6.07) is 9.10. The lowest BCUT2D eigenvalue weighted by molar-refractivity contribution is -0.136. The van der Waals surface area contributed by atoms with Crippen LogP contribution in [0.2, 0.25) is 0 Å². The fourth-order valence-electron chi connectivity index (χ4n) is 1.78. The van der Waals surface area contributed by atoms with Crippen LogP contribution >= 0.6 is 0 Å². The van der Waals surface area contributed by atoms with Crippen LogP contribution in [0, 0.1) is 0 Å². The zero-order valence-corrected chi connectivity index (χ0v) is 12.1. The number of carboxylic acids is 1. The molecule has 0 spiro atoms. The molecule has 0 atom stereocenters. The van der Waals surface area contributed by atoms with Crippen LogP contribution < -0.4 is 5.32 Å². The van der Waals surface area contributed by atoms with E-state index in [2.05, 4.69) is 15.5 Å². The van der Waals surface area contributed by atoms with Crippen LogP contribution in [0.3, 0.4) is 0 Å². The largest absolute Gasteiger partial charge is 0.481 e. The average molecular weight is 303 g/mol. The molecule has 116 valence electrons. The number of rotatable bonds is 6. The molecule has 0 aliphatic carbocycles. The van der Waals surface area contributed by atoms with Crippen LogP contribution in [0.1, 0.15) is 12.1 Å². The lowest BCUT2D eigenvalue weighted by Crippen LogP contribution is -2.37. The van der Waals surface area contributed by atoms with Gasteiger partial charge in [0.25, 0.3) is 0 Å². The third-order valence-corrected chi connectivity index (χ3v) is 2.89. The Hall–Kier alpha value is -2.90. The van der Waals surface area contributed by atoms with Crippen molar-refractivity contribution in [3.05, 3.63) is 42.2 Å². The summed E-state index contributed by atoms with van der Waals surface area (Å²) >= 11 is 0. The highest BCUT2D eigenvalue weighted by Crippen LogP contribution is 2.05. The van der Waals surface area contributed by atoms with Crippen molar-refractivity contribution in [1.29, 1.82) is 0 Å². The zero-order valence-electron chi connectivity index (χ0n) is 12.1. The first kappa shape index (κ1) is 15.5. The van der Waals surface area contributed by atoms with Crippen molar-refractivity contribution < 1.29 is 14.7 Å². The number of hydrogen-bond acceptors (Lipinski definition) is 4. The molecule has 0 aliphatic heterocycles. The summed E-state index contributed by atoms with van der Waals surface area (Å²) in [5.41, 5.74) is 1.47. The highest BCUT2D eigenvalue weighted by Gasteiger charge is 2.11. The van der Waals surface area contributed by atoms with E-state index in [1.807, 2.05) is 30.3 Å². The van der Waals surface area contributed by atoms with Gasteiger partial charge in [0.1, 0.15) is 5.69 Å². The molecule has 1 aromatic heterocycles. The monoisotopic (exact) mass is 303 g/mol. The minimum absolute atomic E-state index is 0.0925. The third-order valence-electron chi connectivity index (χ3n) is 2.89. The van der Waals surface area contributed by atoms with Gasteiger partial charge in [-0.3, -0.25) is 4.79 Å². The maximum Gasteiger partial charge on any atom is 0.317 e. The van der Waals surface area contributed by atoms with Gasteiger partial charge in [-0.1, -0.05) is 18.2 Å². The summed E-state index contributed by atoms with van der Waals surface area (Å²) in [5, 5.41) is 19.5. The number of carbonyl (C=O) groups excluding carboxylic acids is 1. The second-order valence-electron chi connectivity index (χ2n) is 4.69. The number of carboxylic acid groups (broad SMARTS) is 1. The van der Waals surface area contributed by atoms with Gasteiger partial charge in [0.2, 0.25) is 0 Å². The molecular weight excluding hydrogens is 286 g/mol. The Bertz CT molecular complexity index is 641. The quantitative estimate of drug-likeness (QED) is 0.825. The standard InChI is InChI=1S/C14H17N5O3/c1-18(14(22)15-8-7-13(20)21)10-11-9-16-19(17-11)12-5-3-2-4-6-12/h2-6,9H,7-8,10H2,1H3,(H,15,22)(H,20,21). The van der Waals surface area contributed by atoms with Gasteiger partial charge in [0, 0.05) is 13.6 Å². The lowest BCUT2D eigenvalue weighted by Gasteiger charge is -2.16. The van der Waals surface area contributed by atoms with Crippen LogP contribution in [-0.2, 0) is 11.3 Å². The van der Waals surface area contributed by atoms with Crippen molar-refractivity contribution in [2.24, 2.45) is 0 Å². The minimum atomic E-state index is -0.950. The predicted octanol–water partition coefficient (Wildman–Crippen LogP) is 0.883. The molecule has 1 heterocycles. The molecule has 0 saturated carbocycles. The van der Waals surface area contributed by atoms with Crippen LogP contribution in [0.25, 0.3) is 5.69 Å². The van der Waals surface area contributed by atoms with Crippen molar-refractivity contribution in [2.45, 2.75) is 13.0 Å². The molecule has 2 amide bonds.